The molecule has 0 amide bonds. The van der Waals surface area contributed by atoms with Gasteiger partial charge in [0.05, 0.1) is 4.90 Å². The molecule has 0 aliphatic rings. The third-order valence-electron chi connectivity index (χ3n) is 3.17. The highest BCUT2D eigenvalue weighted by atomic mass is 35.5. The number of hydrogen-bond acceptors (Lipinski definition) is 2. The van der Waals surface area contributed by atoms with Gasteiger partial charge in [0.1, 0.15) is 0 Å². The van der Waals surface area contributed by atoms with Crippen LogP contribution in [0.1, 0.15) is 18.9 Å². The Labute approximate surface area is 131 Å². The van der Waals surface area contributed by atoms with Gasteiger partial charge in [0.15, 0.2) is 0 Å². The molecule has 21 heavy (non-hydrogen) atoms. The highest BCUT2D eigenvalue weighted by Gasteiger charge is 2.17. The second kappa shape index (κ2) is 7.07. The van der Waals surface area contributed by atoms with Gasteiger partial charge in [0.2, 0.25) is 10.0 Å². The smallest absolute Gasteiger partial charge is 0.208 e. The Balaban J connectivity index is 1.97. The molecule has 112 valence electrons. The average Bonchev–Trinajstić information content (AvgIpc) is 2.46. The van der Waals surface area contributed by atoms with E-state index in [0.717, 1.165) is 12.8 Å². The van der Waals surface area contributed by atoms with Crippen LogP contribution < -0.4 is 4.72 Å². The average molecular weight is 324 g/mol. The van der Waals surface area contributed by atoms with E-state index in [9.17, 15) is 8.42 Å². The summed E-state index contributed by atoms with van der Waals surface area (Å²) in [5.74, 6) is 0. The number of halogens is 1. The molecule has 0 aromatic heterocycles. The van der Waals surface area contributed by atoms with Crippen LogP contribution >= 0.6 is 11.6 Å². The Morgan fingerprint density at radius 1 is 1.10 bits per heavy atom. The van der Waals surface area contributed by atoms with E-state index in [1.54, 1.807) is 12.1 Å². The topological polar surface area (TPSA) is 46.2 Å². The van der Waals surface area contributed by atoms with E-state index in [1.807, 2.05) is 37.3 Å². The molecule has 1 atom stereocenters. The van der Waals surface area contributed by atoms with E-state index in [1.165, 1.54) is 17.7 Å². The molecule has 1 N–H and O–H groups in total. The lowest BCUT2D eigenvalue weighted by molar-refractivity contribution is 0.547. The van der Waals surface area contributed by atoms with Gasteiger partial charge in [-0.15, -0.1) is 0 Å². The molecule has 0 radical (unpaired) electrons. The van der Waals surface area contributed by atoms with Crippen molar-refractivity contribution in [3.05, 3.63) is 65.2 Å². The fraction of sp³-hybridized carbons (Fsp3) is 0.250. The van der Waals surface area contributed by atoms with E-state index < -0.39 is 10.0 Å². The predicted molar refractivity (Wildman–Crippen MR) is 86.0 cm³/mol. The SMILES string of the molecule is C[C@@H](CCc1ccccc1)NS(=O)(=O)c1cccc(Cl)c1. The maximum Gasteiger partial charge on any atom is 0.240 e. The lowest BCUT2D eigenvalue weighted by Crippen LogP contribution is -2.32. The summed E-state index contributed by atoms with van der Waals surface area (Å²) in [6.45, 7) is 1.87. The van der Waals surface area contributed by atoms with E-state index in [0.29, 0.717) is 5.02 Å². The van der Waals surface area contributed by atoms with Crippen LogP contribution in [0.2, 0.25) is 5.02 Å². The van der Waals surface area contributed by atoms with Crippen LogP contribution in [0, 0.1) is 0 Å². The first-order valence-corrected chi connectivity index (χ1v) is 8.65. The summed E-state index contributed by atoms with van der Waals surface area (Å²) in [5.41, 5.74) is 1.20. The molecule has 0 aliphatic carbocycles. The van der Waals surface area contributed by atoms with Gasteiger partial charge < -0.3 is 0 Å². The van der Waals surface area contributed by atoms with Crippen LogP contribution in [0.4, 0.5) is 0 Å². The van der Waals surface area contributed by atoms with Crippen molar-refractivity contribution in [2.75, 3.05) is 0 Å². The second-order valence-electron chi connectivity index (χ2n) is 5.00. The number of sulfonamides is 1. The first kappa shape index (κ1) is 16.0. The zero-order valence-corrected chi connectivity index (χ0v) is 13.4. The second-order valence-corrected chi connectivity index (χ2v) is 7.15. The fourth-order valence-electron chi connectivity index (χ4n) is 2.05. The summed E-state index contributed by atoms with van der Waals surface area (Å²) < 4.78 is 27.2. The summed E-state index contributed by atoms with van der Waals surface area (Å²) in [4.78, 5) is 0.196. The van der Waals surface area contributed by atoms with Crippen molar-refractivity contribution >= 4 is 21.6 Å². The van der Waals surface area contributed by atoms with Crippen molar-refractivity contribution in [3.8, 4) is 0 Å². The molecular weight excluding hydrogens is 306 g/mol. The predicted octanol–water partition coefficient (Wildman–Crippen LogP) is 3.64. The molecule has 0 saturated carbocycles. The molecule has 2 aromatic carbocycles. The first-order valence-electron chi connectivity index (χ1n) is 6.79. The molecule has 2 rings (SSSR count). The Hall–Kier alpha value is -1.36. The quantitative estimate of drug-likeness (QED) is 0.882. The van der Waals surface area contributed by atoms with Gasteiger partial charge in [-0.3, -0.25) is 0 Å². The molecule has 0 heterocycles. The van der Waals surface area contributed by atoms with Crippen LogP contribution in [0.15, 0.2) is 59.5 Å². The Bertz CT molecular complexity index is 686. The number of nitrogens with one attached hydrogen (secondary N) is 1. The molecule has 5 heteroatoms. The van der Waals surface area contributed by atoms with Gasteiger partial charge in [-0.25, -0.2) is 13.1 Å². The number of rotatable bonds is 6. The highest BCUT2D eigenvalue weighted by molar-refractivity contribution is 7.89. The minimum atomic E-state index is -3.52. The summed E-state index contributed by atoms with van der Waals surface area (Å²) in [5, 5.41) is 0.412. The molecule has 3 nitrogen and oxygen atoms in total. The Morgan fingerprint density at radius 3 is 2.48 bits per heavy atom. The van der Waals surface area contributed by atoms with Crippen molar-refractivity contribution in [2.24, 2.45) is 0 Å². The first-order chi connectivity index (χ1) is 9.97. The summed E-state index contributed by atoms with van der Waals surface area (Å²) in [6.07, 6.45) is 1.57. The van der Waals surface area contributed by atoms with E-state index >= 15 is 0 Å². The highest BCUT2D eigenvalue weighted by Crippen LogP contribution is 2.16. The molecular formula is C16H18ClNO2S. The van der Waals surface area contributed by atoms with E-state index in [4.69, 9.17) is 11.6 Å². The van der Waals surface area contributed by atoms with Crippen molar-refractivity contribution in [1.82, 2.24) is 4.72 Å². The number of aryl methyl sites for hydroxylation is 1. The molecule has 2 aromatic rings. The maximum atomic E-state index is 12.2. The molecule has 0 saturated heterocycles. The minimum absolute atomic E-state index is 0.144. The van der Waals surface area contributed by atoms with Crippen LogP contribution in [0.5, 0.6) is 0 Å². The lowest BCUT2D eigenvalue weighted by Gasteiger charge is -2.14. The third-order valence-corrected chi connectivity index (χ3v) is 4.99. The minimum Gasteiger partial charge on any atom is -0.208 e. The van der Waals surface area contributed by atoms with Crippen molar-refractivity contribution in [1.29, 1.82) is 0 Å². The van der Waals surface area contributed by atoms with Crippen LogP contribution in [-0.4, -0.2) is 14.5 Å². The van der Waals surface area contributed by atoms with Gasteiger partial charge >= 0.3 is 0 Å². The molecule has 0 spiro atoms. The van der Waals surface area contributed by atoms with Gasteiger partial charge in [0.25, 0.3) is 0 Å². The van der Waals surface area contributed by atoms with Crippen molar-refractivity contribution in [2.45, 2.75) is 30.7 Å². The van der Waals surface area contributed by atoms with Gasteiger partial charge in [-0.1, -0.05) is 48.0 Å². The van der Waals surface area contributed by atoms with Gasteiger partial charge in [-0.2, -0.15) is 0 Å². The summed E-state index contributed by atoms with van der Waals surface area (Å²) >= 11 is 5.84. The summed E-state index contributed by atoms with van der Waals surface area (Å²) in [7, 11) is -3.52. The largest absolute Gasteiger partial charge is 0.240 e. The van der Waals surface area contributed by atoms with Gasteiger partial charge in [-0.05, 0) is 43.5 Å². The zero-order chi connectivity index (χ0) is 15.3. The lowest BCUT2D eigenvalue weighted by atomic mass is 10.1. The molecule has 0 bridgehead atoms. The zero-order valence-electron chi connectivity index (χ0n) is 11.8. The molecule has 0 fully saturated rings. The Morgan fingerprint density at radius 2 is 1.81 bits per heavy atom. The molecule has 0 unspecified atom stereocenters. The number of hydrogen-bond donors (Lipinski definition) is 1. The van der Waals surface area contributed by atoms with Crippen LogP contribution in [0.25, 0.3) is 0 Å². The third kappa shape index (κ3) is 4.84. The monoisotopic (exact) mass is 323 g/mol. The Kier molecular flexibility index (Phi) is 5.39. The maximum absolute atomic E-state index is 12.2. The normalized spacial score (nSPS) is 13.0. The van der Waals surface area contributed by atoms with Crippen LogP contribution in [-0.2, 0) is 16.4 Å². The standard InChI is InChI=1S/C16H18ClNO2S/c1-13(10-11-14-6-3-2-4-7-14)18-21(19,20)16-9-5-8-15(17)12-16/h2-9,12-13,18H,10-11H2,1H3/t13-/m0/s1. The summed E-state index contributed by atoms with van der Waals surface area (Å²) in [6, 6.07) is 16.1. The number of benzene rings is 2. The van der Waals surface area contributed by atoms with E-state index in [-0.39, 0.29) is 10.9 Å². The van der Waals surface area contributed by atoms with E-state index in [2.05, 4.69) is 4.72 Å². The van der Waals surface area contributed by atoms with Gasteiger partial charge in [0, 0.05) is 11.1 Å². The molecule has 0 aliphatic heterocycles. The van der Waals surface area contributed by atoms with Crippen molar-refractivity contribution in [3.63, 3.8) is 0 Å². The van der Waals surface area contributed by atoms with Crippen LogP contribution in [0.3, 0.4) is 0 Å². The fourth-order valence-corrected chi connectivity index (χ4v) is 3.63. The van der Waals surface area contributed by atoms with Crippen molar-refractivity contribution < 1.29 is 8.42 Å².